The summed E-state index contributed by atoms with van der Waals surface area (Å²) in [6.45, 7) is 0.217. The summed E-state index contributed by atoms with van der Waals surface area (Å²) in [6.07, 6.45) is 0.274. The van der Waals surface area contributed by atoms with Gasteiger partial charge in [0, 0.05) is 0 Å². The predicted molar refractivity (Wildman–Crippen MR) is 29.5 cm³/mol. The highest BCUT2D eigenvalue weighted by Crippen LogP contribution is 2.18. The minimum Gasteiger partial charge on any atom is -0.338 e. The first-order valence-corrected chi connectivity index (χ1v) is 3.29. The lowest BCUT2D eigenvalue weighted by atomic mass is 10.5. The Morgan fingerprint density at radius 1 is 1.88 bits per heavy atom. The lowest BCUT2D eigenvalue weighted by Gasteiger charge is -1.99. The molecule has 0 aromatic heterocycles. The zero-order chi connectivity index (χ0) is 6.41. The van der Waals surface area contributed by atoms with Gasteiger partial charge in [-0.2, -0.15) is 5.26 Å². The van der Waals surface area contributed by atoms with Crippen molar-refractivity contribution in [1.29, 1.82) is 5.26 Å². The first-order valence-electron chi connectivity index (χ1n) is 2.01. The van der Waals surface area contributed by atoms with E-state index in [0.717, 1.165) is 0 Å². The molecule has 4 nitrogen and oxygen atoms in total. The van der Waals surface area contributed by atoms with Crippen LogP contribution in [0.15, 0.2) is 0 Å². The van der Waals surface area contributed by atoms with Gasteiger partial charge in [-0.1, -0.05) is 0 Å². The van der Waals surface area contributed by atoms with E-state index in [9.17, 15) is 0 Å². The highest BCUT2D eigenvalue weighted by atomic mass is 31.2. The van der Waals surface area contributed by atoms with E-state index in [0.29, 0.717) is 0 Å². The normalized spacial score (nSPS) is 12.6. The van der Waals surface area contributed by atoms with Crippen LogP contribution in [0, 0.1) is 11.3 Å². The smallest absolute Gasteiger partial charge is 0.250 e. The molecule has 0 aliphatic carbocycles. The fraction of sp³-hybridized carbons (Fsp3) is 0.667. The topological polar surface area (TPSA) is 79.3 Å². The van der Waals surface area contributed by atoms with Gasteiger partial charge in [0.1, 0.15) is 0 Å². The summed E-state index contributed by atoms with van der Waals surface area (Å²) < 4.78 is 4.46. The Bertz CT molecular complexity index is 89.8. The molecule has 0 aromatic rings. The summed E-state index contributed by atoms with van der Waals surface area (Å²) in [5, 5.41) is 7.93. The van der Waals surface area contributed by atoms with Crippen LogP contribution < -0.4 is 5.50 Å². The second kappa shape index (κ2) is 4.95. The SMILES string of the molecule is N#CCCOP(N)O. The van der Waals surface area contributed by atoms with Crippen molar-refractivity contribution in [3.63, 3.8) is 0 Å². The van der Waals surface area contributed by atoms with Gasteiger partial charge in [0.25, 0.3) is 0 Å². The Hall–Kier alpha value is -0.200. The molecule has 0 rings (SSSR count). The molecule has 0 aliphatic heterocycles. The number of nitrogens with two attached hydrogens (primary N) is 1. The third-order valence-electron chi connectivity index (χ3n) is 0.437. The summed E-state index contributed by atoms with van der Waals surface area (Å²) in [4.78, 5) is 8.29. The molecule has 5 heteroatoms. The number of hydrogen-bond donors (Lipinski definition) is 2. The Labute approximate surface area is 48.8 Å². The van der Waals surface area contributed by atoms with Crippen LogP contribution in [0.3, 0.4) is 0 Å². The quantitative estimate of drug-likeness (QED) is 0.423. The van der Waals surface area contributed by atoms with Gasteiger partial charge in [-0.25, -0.2) is 0 Å². The predicted octanol–water partition coefficient (Wildman–Crippen LogP) is 0.0946. The fourth-order valence-electron chi connectivity index (χ4n) is 0.185. The Balaban J connectivity index is 2.85. The summed E-state index contributed by atoms with van der Waals surface area (Å²) >= 11 is 0. The molecule has 0 aliphatic rings. The van der Waals surface area contributed by atoms with Crippen LogP contribution in [-0.4, -0.2) is 11.5 Å². The van der Waals surface area contributed by atoms with Crippen molar-refractivity contribution in [2.75, 3.05) is 6.61 Å². The maximum absolute atomic E-state index is 8.29. The summed E-state index contributed by atoms with van der Waals surface area (Å²) in [7, 11) is -1.76. The minimum absolute atomic E-state index is 0.217. The van der Waals surface area contributed by atoms with Gasteiger partial charge in [-0.05, 0) is 0 Å². The highest BCUT2D eigenvalue weighted by Gasteiger charge is 1.92. The van der Waals surface area contributed by atoms with Gasteiger partial charge in [0.05, 0.1) is 19.1 Å². The zero-order valence-electron chi connectivity index (χ0n) is 4.24. The van der Waals surface area contributed by atoms with Crippen LogP contribution in [0.25, 0.3) is 0 Å². The van der Waals surface area contributed by atoms with Crippen molar-refractivity contribution >= 4 is 8.53 Å². The third kappa shape index (κ3) is 5.80. The molecule has 0 radical (unpaired) electrons. The van der Waals surface area contributed by atoms with Crippen molar-refractivity contribution in [3.05, 3.63) is 0 Å². The van der Waals surface area contributed by atoms with Crippen LogP contribution in [0.4, 0.5) is 0 Å². The van der Waals surface area contributed by atoms with E-state index >= 15 is 0 Å². The van der Waals surface area contributed by atoms with E-state index in [2.05, 4.69) is 4.52 Å². The molecule has 0 saturated heterocycles. The van der Waals surface area contributed by atoms with Crippen molar-refractivity contribution in [2.45, 2.75) is 6.42 Å². The number of nitrogens with zero attached hydrogens (tertiary/aromatic N) is 1. The van der Waals surface area contributed by atoms with Gasteiger partial charge >= 0.3 is 0 Å². The van der Waals surface area contributed by atoms with Crippen LogP contribution in [-0.2, 0) is 4.52 Å². The summed E-state index contributed by atoms with van der Waals surface area (Å²) in [5.74, 6) is 0. The van der Waals surface area contributed by atoms with Crippen molar-refractivity contribution in [2.24, 2.45) is 5.50 Å². The lowest BCUT2D eigenvalue weighted by molar-refractivity contribution is 0.318. The van der Waals surface area contributed by atoms with Gasteiger partial charge < -0.3 is 9.42 Å². The van der Waals surface area contributed by atoms with Gasteiger partial charge in [-0.15, -0.1) is 0 Å². The molecule has 1 unspecified atom stereocenters. The average Bonchev–Trinajstić information content (AvgIpc) is 1.66. The van der Waals surface area contributed by atoms with E-state index in [1.807, 2.05) is 6.07 Å². The lowest BCUT2D eigenvalue weighted by Crippen LogP contribution is -1.93. The molecule has 3 N–H and O–H groups in total. The Kier molecular flexibility index (Phi) is 4.82. The maximum atomic E-state index is 8.29. The van der Waals surface area contributed by atoms with Crippen molar-refractivity contribution < 1.29 is 9.42 Å². The van der Waals surface area contributed by atoms with E-state index in [1.54, 1.807) is 0 Å². The molecule has 8 heavy (non-hydrogen) atoms. The number of nitriles is 1. The highest BCUT2D eigenvalue weighted by molar-refractivity contribution is 7.43. The van der Waals surface area contributed by atoms with E-state index in [-0.39, 0.29) is 13.0 Å². The fourth-order valence-corrected chi connectivity index (χ4v) is 0.463. The van der Waals surface area contributed by atoms with E-state index in [1.165, 1.54) is 0 Å². The Morgan fingerprint density at radius 2 is 2.50 bits per heavy atom. The summed E-state index contributed by atoms with van der Waals surface area (Å²) in [6, 6.07) is 1.84. The number of hydrogen-bond acceptors (Lipinski definition) is 4. The largest absolute Gasteiger partial charge is 0.338 e. The van der Waals surface area contributed by atoms with Crippen LogP contribution in [0.5, 0.6) is 0 Å². The minimum atomic E-state index is -1.76. The summed E-state index contributed by atoms with van der Waals surface area (Å²) in [5.41, 5.74) is 4.82. The van der Waals surface area contributed by atoms with Crippen LogP contribution in [0.1, 0.15) is 6.42 Å². The molecule has 46 valence electrons. The van der Waals surface area contributed by atoms with Crippen LogP contribution in [0.2, 0.25) is 0 Å². The molecular formula is C3H7N2O2P. The standard InChI is InChI=1S/C3H7N2O2P/c4-2-1-3-7-8(5)6/h6H,1,3,5H2. The average molecular weight is 134 g/mol. The van der Waals surface area contributed by atoms with E-state index in [4.69, 9.17) is 15.7 Å². The molecule has 0 bridgehead atoms. The second-order valence-corrected chi connectivity index (χ2v) is 1.91. The second-order valence-electron chi connectivity index (χ2n) is 1.04. The molecule has 0 aromatic carbocycles. The molecule has 0 fully saturated rings. The first-order chi connectivity index (χ1) is 3.77. The molecule has 0 amide bonds. The van der Waals surface area contributed by atoms with Crippen molar-refractivity contribution in [3.8, 4) is 6.07 Å². The van der Waals surface area contributed by atoms with Gasteiger partial charge in [-0.3, -0.25) is 5.50 Å². The third-order valence-corrected chi connectivity index (χ3v) is 0.885. The molecule has 1 atom stereocenters. The van der Waals surface area contributed by atoms with Gasteiger partial charge in [0.2, 0.25) is 8.53 Å². The molecule has 0 spiro atoms. The van der Waals surface area contributed by atoms with E-state index < -0.39 is 8.53 Å². The van der Waals surface area contributed by atoms with Gasteiger partial charge in [0.15, 0.2) is 0 Å². The zero-order valence-corrected chi connectivity index (χ0v) is 5.14. The molecular weight excluding hydrogens is 127 g/mol. The molecule has 0 saturated carbocycles. The first kappa shape index (κ1) is 7.80. The molecule has 0 heterocycles. The maximum Gasteiger partial charge on any atom is 0.250 e. The van der Waals surface area contributed by atoms with Crippen LogP contribution >= 0.6 is 8.53 Å². The Morgan fingerprint density at radius 3 is 2.88 bits per heavy atom. The monoisotopic (exact) mass is 134 g/mol. The van der Waals surface area contributed by atoms with Crippen molar-refractivity contribution in [1.82, 2.24) is 0 Å². The number of rotatable bonds is 3.